The summed E-state index contributed by atoms with van der Waals surface area (Å²) in [6.45, 7) is 2.50. The van der Waals surface area contributed by atoms with Gasteiger partial charge in [0, 0.05) is 19.0 Å². The average molecular weight is 341 g/mol. The van der Waals surface area contributed by atoms with Crippen LogP contribution in [0.1, 0.15) is 34.0 Å². The van der Waals surface area contributed by atoms with Gasteiger partial charge in [-0.05, 0) is 37.1 Å². The lowest BCUT2D eigenvalue weighted by Gasteiger charge is -2.09. The van der Waals surface area contributed by atoms with Gasteiger partial charge in [-0.2, -0.15) is 5.10 Å². The molecule has 7 heteroatoms. The van der Waals surface area contributed by atoms with Crippen molar-refractivity contribution in [1.29, 1.82) is 0 Å². The molecule has 1 atom stereocenters. The van der Waals surface area contributed by atoms with Crippen molar-refractivity contribution < 1.29 is 4.79 Å². The fourth-order valence-corrected chi connectivity index (χ4v) is 3.90. The lowest BCUT2D eigenvalue weighted by molar-refractivity contribution is 0.0953. The fourth-order valence-electron chi connectivity index (χ4n) is 3.16. The van der Waals surface area contributed by atoms with E-state index >= 15 is 0 Å². The van der Waals surface area contributed by atoms with E-state index in [0.717, 1.165) is 37.1 Å². The molecule has 1 saturated heterocycles. The van der Waals surface area contributed by atoms with Gasteiger partial charge in [0.1, 0.15) is 0 Å². The van der Waals surface area contributed by atoms with Crippen LogP contribution in [-0.4, -0.2) is 40.7 Å². The number of thiazole rings is 1. The van der Waals surface area contributed by atoms with Crippen molar-refractivity contribution in [2.75, 3.05) is 19.6 Å². The van der Waals surface area contributed by atoms with Crippen molar-refractivity contribution in [1.82, 2.24) is 25.8 Å². The molecule has 124 valence electrons. The maximum absolute atomic E-state index is 12.4. The Morgan fingerprint density at radius 1 is 1.42 bits per heavy atom. The predicted molar refractivity (Wildman–Crippen MR) is 94.5 cm³/mol. The third-order valence-electron chi connectivity index (χ3n) is 4.48. The number of rotatable bonds is 5. The van der Waals surface area contributed by atoms with Gasteiger partial charge in [-0.25, -0.2) is 4.98 Å². The number of carbonyl (C=O) groups is 1. The molecule has 3 heterocycles. The molecule has 0 aliphatic carbocycles. The van der Waals surface area contributed by atoms with Crippen LogP contribution in [-0.2, 0) is 6.42 Å². The third kappa shape index (κ3) is 3.05. The number of hydrogen-bond donors (Lipinski definition) is 3. The fraction of sp³-hybridized carbons (Fsp3) is 0.353. The quantitative estimate of drug-likeness (QED) is 0.663. The minimum absolute atomic E-state index is 0.0514. The molecule has 1 aromatic carbocycles. The second-order valence-corrected chi connectivity index (χ2v) is 6.93. The molecule has 0 radical (unpaired) electrons. The van der Waals surface area contributed by atoms with E-state index in [0.29, 0.717) is 18.0 Å². The lowest BCUT2D eigenvalue weighted by atomic mass is 10.0. The van der Waals surface area contributed by atoms with Crippen LogP contribution < -0.4 is 10.6 Å². The number of nitrogens with zero attached hydrogens (tertiary/aromatic N) is 2. The monoisotopic (exact) mass is 341 g/mol. The number of nitrogens with one attached hydrogen (secondary N) is 3. The summed E-state index contributed by atoms with van der Waals surface area (Å²) in [5, 5.41) is 13.4. The smallest absolute Gasteiger partial charge is 0.254 e. The molecular weight excluding hydrogens is 322 g/mol. The zero-order valence-corrected chi connectivity index (χ0v) is 14.0. The van der Waals surface area contributed by atoms with E-state index in [1.54, 1.807) is 17.5 Å². The minimum atomic E-state index is -0.0514. The van der Waals surface area contributed by atoms with Crippen molar-refractivity contribution >= 4 is 27.5 Å². The van der Waals surface area contributed by atoms with Crippen LogP contribution in [0.2, 0.25) is 0 Å². The molecule has 4 rings (SSSR count). The predicted octanol–water partition coefficient (Wildman–Crippen LogP) is 2.07. The molecule has 2 aromatic heterocycles. The summed E-state index contributed by atoms with van der Waals surface area (Å²) in [7, 11) is 0. The van der Waals surface area contributed by atoms with Crippen LogP contribution in [0.3, 0.4) is 0 Å². The highest BCUT2D eigenvalue weighted by molar-refractivity contribution is 7.16. The first-order valence-corrected chi connectivity index (χ1v) is 9.03. The van der Waals surface area contributed by atoms with Gasteiger partial charge in [0.05, 0.1) is 33.2 Å². The number of benzene rings is 1. The number of hydrogen-bond acceptors (Lipinski definition) is 5. The third-order valence-corrected chi connectivity index (χ3v) is 5.27. The molecular formula is C17H19N5OS. The van der Waals surface area contributed by atoms with Gasteiger partial charge < -0.3 is 10.6 Å². The molecule has 1 amide bonds. The second kappa shape index (κ2) is 6.70. The van der Waals surface area contributed by atoms with E-state index in [-0.39, 0.29) is 5.91 Å². The van der Waals surface area contributed by atoms with Gasteiger partial charge in [0.15, 0.2) is 0 Å². The summed E-state index contributed by atoms with van der Waals surface area (Å²) in [6.07, 6.45) is 3.47. The largest absolute Gasteiger partial charge is 0.352 e. The summed E-state index contributed by atoms with van der Waals surface area (Å²) in [5.41, 5.74) is 5.71. The molecule has 1 unspecified atom stereocenters. The first-order valence-electron chi connectivity index (χ1n) is 8.15. The maximum atomic E-state index is 12.4. The number of carbonyl (C=O) groups excluding carboxylic acids is 1. The highest BCUT2D eigenvalue weighted by Gasteiger charge is 2.24. The maximum Gasteiger partial charge on any atom is 0.254 e. The second-order valence-electron chi connectivity index (χ2n) is 6.05. The zero-order valence-electron chi connectivity index (χ0n) is 13.2. The van der Waals surface area contributed by atoms with E-state index in [1.807, 2.05) is 11.6 Å². The SMILES string of the molecule is O=C(NCCc1ccc2ncsc2c1)c1cn[nH]c1C1CCNC1. The van der Waals surface area contributed by atoms with Crippen LogP contribution in [0.5, 0.6) is 0 Å². The Hall–Kier alpha value is -2.25. The van der Waals surface area contributed by atoms with Gasteiger partial charge in [-0.15, -0.1) is 11.3 Å². The molecule has 1 aliphatic rings. The van der Waals surface area contributed by atoms with Gasteiger partial charge in [0.2, 0.25) is 0 Å². The van der Waals surface area contributed by atoms with Crippen LogP contribution >= 0.6 is 11.3 Å². The Kier molecular flexibility index (Phi) is 4.27. The summed E-state index contributed by atoms with van der Waals surface area (Å²) in [5.74, 6) is 0.298. The van der Waals surface area contributed by atoms with Gasteiger partial charge in [-0.3, -0.25) is 9.89 Å². The van der Waals surface area contributed by atoms with E-state index in [1.165, 1.54) is 10.3 Å². The number of H-pyrrole nitrogens is 1. The van der Waals surface area contributed by atoms with Crippen molar-refractivity contribution in [2.24, 2.45) is 0 Å². The van der Waals surface area contributed by atoms with Crippen LogP contribution in [0.15, 0.2) is 29.9 Å². The zero-order chi connectivity index (χ0) is 16.4. The first-order chi connectivity index (χ1) is 11.8. The van der Waals surface area contributed by atoms with E-state index in [2.05, 4.69) is 37.9 Å². The standard InChI is InChI=1S/C17H19N5OS/c23-17(13-9-21-22-16(13)12-4-5-18-8-12)19-6-3-11-1-2-14-15(7-11)24-10-20-14/h1-2,7,9-10,12,18H,3-6,8H2,(H,19,23)(H,21,22). The summed E-state index contributed by atoms with van der Waals surface area (Å²) < 4.78 is 1.18. The van der Waals surface area contributed by atoms with Crippen LogP contribution in [0, 0.1) is 0 Å². The van der Waals surface area contributed by atoms with Crippen LogP contribution in [0.4, 0.5) is 0 Å². The number of aromatic amines is 1. The van der Waals surface area contributed by atoms with E-state index in [4.69, 9.17) is 0 Å². The Bertz CT molecular complexity index is 849. The molecule has 1 aliphatic heterocycles. The summed E-state index contributed by atoms with van der Waals surface area (Å²) in [4.78, 5) is 16.7. The van der Waals surface area contributed by atoms with Crippen LogP contribution in [0.25, 0.3) is 10.2 Å². The van der Waals surface area contributed by atoms with Crippen molar-refractivity contribution in [2.45, 2.75) is 18.8 Å². The Labute approximate surface area is 143 Å². The Balaban J connectivity index is 1.37. The number of aromatic nitrogens is 3. The number of amides is 1. The first kappa shape index (κ1) is 15.3. The Morgan fingerprint density at radius 2 is 2.38 bits per heavy atom. The molecule has 3 aromatic rings. The highest BCUT2D eigenvalue weighted by atomic mass is 32.1. The summed E-state index contributed by atoms with van der Waals surface area (Å²) >= 11 is 1.64. The average Bonchev–Trinajstić information content (AvgIpc) is 3.33. The topological polar surface area (TPSA) is 82.7 Å². The van der Waals surface area contributed by atoms with E-state index < -0.39 is 0 Å². The summed E-state index contributed by atoms with van der Waals surface area (Å²) in [6, 6.07) is 6.25. The lowest BCUT2D eigenvalue weighted by Crippen LogP contribution is -2.26. The number of fused-ring (bicyclic) bond motifs is 1. The Morgan fingerprint density at radius 3 is 3.25 bits per heavy atom. The normalized spacial score (nSPS) is 17.4. The highest BCUT2D eigenvalue weighted by Crippen LogP contribution is 2.23. The molecule has 0 saturated carbocycles. The van der Waals surface area contributed by atoms with Gasteiger partial charge >= 0.3 is 0 Å². The minimum Gasteiger partial charge on any atom is -0.352 e. The van der Waals surface area contributed by atoms with Gasteiger partial charge in [0.25, 0.3) is 5.91 Å². The van der Waals surface area contributed by atoms with Gasteiger partial charge in [-0.1, -0.05) is 6.07 Å². The molecule has 0 bridgehead atoms. The van der Waals surface area contributed by atoms with Crippen molar-refractivity contribution in [3.05, 3.63) is 46.7 Å². The molecule has 1 fully saturated rings. The van der Waals surface area contributed by atoms with Crippen molar-refractivity contribution in [3.8, 4) is 0 Å². The molecule has 6 nitrogen and oxygen atoms in total. The molecule has 0 spiro atoms. The molecule has 3 N–H and O–H groups in total. The van der Waals surface area contributed by atoms with Crippen molar-refractivity contribution in [3.63, 3.8) is 0 Å². The van der Waals surface area contributed by atoms with E-state index in [9.17, 15) is 4.79 Å². The molecule has 24 heavy (non-hydrogen) atoms.